The zero-order valence-electron chi connectivity index (χ0n) is 21.7. The molecule has 0 aromatic carbocycles. The van der Waals surface area contributed by atoms with E-state index in [1.165, 1.54) is 64.2 Å². The first-order valence-corrected chi connectivity index (χ1v) is 14.0. The Morgan fingerprint density at radius 1 is 0.844 bits per heavy atom. The molecule has 5 aliphatic carbocycles. The van der Waals surface area contributed by atoms with Gasteiger partial charge in [0.2, 0.25) is 0 Å². The van der Waals surface area contributed by atoms with Crippen molar-refractivity contribution in [3.8, 4) is 6.07 Å². The van der Waals surface area contributed by atoms with E-state index < -0.39 is 0 Å². The third kappa shape index (κ3) is 2.41. The Bertz CT molecular complexity index is 842. The molecule has 5 saturated carbocycles. The Labute approximate surface area is 197 Å². The molecule has 2 nitrogen and oxygen atoms in total. The molecule has 2 bridgehead atoms. The molecule has 32 heavy (non-hydrogen) atoms. The minimum absolute atomic E-state index is 0.107. The van der Waals surface area contributed by atoms with Crippen molar-refractivity contribution in [2.45, 2.75) is 112 Å². The van der Waals surface area contributed by atoms with Gasteiger partial charge < -0.3 is 4.74 Å². The van der Waals surface area contributed by atoms with Crippen LogP contribution < -0.4 is 0 Å². The second-order valence-corrected chi connectivity index (χ2v) is 15.0. The number of nitriles is 1. The molecule has 1 aliphatic heterocycles. The predicted molar refractivity (Wildman–Crippen MR) is 129 cm³/mol. The molecule has 1 spiro atoms. The SMILES string of the molecule is C[C@@H]1[C@H](C#N)[C@H]2C[C@@]3(CC[C@]4(C)[C@H](CC[C@@H]5[C@]6(C)CCCC(C)(C)[C@@H]6CC[C@]54C)[C@@H]13)CO2. The van der Waals surface area contributed by atoms with Crippen molar-refractivity contribution in [2.75, 3.05) is 6.61 Å². The van der Waals surface area contributed by atoms with E-state index in [4.69, 9.17) is 4.74 Å². The molecular weight excluding hydrogens is 390 g/mol. The Kier molecular flexibility index (Phi) is 4.50. The average Bonchev–Trinajstić information content (AvgIpc) is 3.08. The van der Waals surface area contributed by atoms with Crippen LogP contribution in [0, 0.1) is 73.9 Å². The van der Waals surface area contributed by atoms with Crippen LogP contribution in [-0.2, 0) is 4.74 Å². The van der Waals surface area contributed by atoms with E-state index in [9.17, 15) is 5.26 Å². The molecule has 0 aromatic rings. The van der Waals surface area contributed by atoms with Gasteiger partial charge in [0.25, 0.3) is 0 Å². The topological polar surface area (TPSA) is 33.0 Å². The summed E-state index contributed by atoms with van der Waals surface area (Å²) < 4.78 is 6.34. The molecule has 6 rings (SSSR count). The highest BCUT2D eigenvalue weighted by atomic mass is 16.5. The van der Waals surface area contributed by atoms with E-state index in [2.05, 4.69) is 47.6 Å². The normalized spacial score (nSPS) is 60.3. The van der Waals surface area contributed by atoms with Crippen LogP contribution in [0.1, 0.15) is 106 Å². The first kappa shape index (κ1) is 21.9. The Morgan fingerprint density at radius 2 is 1.62 bits per heavy atom. The quantitative estimate of drug-likeness (QED) is 0.390. The molecule has 1 saturated heterocycles. The fraction of sp³-hybridized carbons (Fsp3) is 0.967. The van der Waals surface area contributed by atoms with Gasteiger partial charge in [0.15, 0.2) is 0 Å². The van der Waals surface area contributed by atoms with Gasteiger partial charge in [0, 0.05) is 0 Å². The van der Waals surface area contributed by atoms with Crippen molar-refractivity contribution in [3.05, 3.63) is 0 Å². The van der Waals surface area contributed by atoms with Crippen molar-refractivity contribution in [1.29, 1.82) is 5.26 Å². The summed E-state index contributed by atoms with van der Waals surface area (Å²) in [6.07, 6.45) is 14.1. The van der Waals surface area contributed by atoms with E-state index in [1.807, 2.05) is 0 Å². The molecule has 0 N–H and O–H groups in total. The van der Waals surface area contributed by atoms with Gasteiger partial charge in [-0.1, -0.05) is 48.0 Å². The lowest BCUT2D eigenvalue weighted by Crippen LogP contribution is -2.66. The van der Waals surface area contributed by atoms with Gasteiger partial charge in [0.05, 0.1) is 24.7 Å². The largest absolute Gasteiger partial charge is 0.376 e. The Morgan fingerprint density at radius 3 is 2.38 bits per heavy atom. The molecule has 1 heterocycles. The molecular formula is C30H47NO. The van der Waals surface area contributed by atoms with E-state index in [0.29, 0.717) is 38.9 Å². The molecule has 0 unspecified atom stereocenters. The van der Waals surface area contributed by atoms with Gasteiger partial charge in [-0.15, -0.1) is 0 Å². The van der Waals surface area contributed by atoms with Crippen LogP contribution in [-0.4, -0.2) is 12.7 Å². The average molecular weight is 438 g/mol. The highest BCUT2D eigenvalue weighted by Crippen LogP contribution is 2.77. The maximum atomic E-state index is 10.1. The molecule has 11 atom stereocenters. The van der Waals surface area contributed by atoms with Crippen LogP contribution in [0.15, 0.2) is 0 Å². The van der Waals surface area contributed by atoms with Gasteiger partial charge in [0.1, 0.15) is 0 Å². The van der Waals surface area contributed by atoms with Crippen molar-refractivity contribution in [2.24, 2.45) is 62.6 Å². The van der Waals surface area contributed by atoms with Gasteiger partial charge in [-0.2, -0.15) is 5.26 Å². The maximum Gasteiger partial charge on any atom is 0.0754 e. The second-order valence-electron chi connectivity index (χ2n) is 15.0. The summed E-state index contributed by atoms with van der Waals surface area (Å²) in [5, 5.41) is 10.1. The van der Waals surface area contributed by atoms with E-state index in [0.717, 1.165) is 24.4 Å². The first-order valence-electron chi connectivity index (χ1n) is 14.0. The minimum Gasteiger partial charge on any atom is -0.376 e. The Balaban J connectivity index is 1.40. The fourth-order valence-corrected chi connectivity index (χ4v) is 12.3. The number of hydrogen-bond acceptors (Lipinski definition) is 2. The smallest absolute Gasteiger partial charge is 0.0754 e. The van der Waals surface area contributed by atoms with Gasteiger partial charge in [-0.3, -0.25) is 0 Å². The summed E-state index contributed by atoms with van der Waals surface area (Å²) in [4.78, 5) is 0. The number of nitrogens with zero attached hydrogens (tertiary/aromatic N) is 1. The fourth-order valence-electron chi connectivity index (χ4n) is 12.3. The summed E-state index contributed by atoms with van der Waals surface area (Å²) in [5.41, 5.74) is 2.28. The van der Waals surface area contributed by atoms with Gasteiger partial charge >= 0.3 is 0 Å². The minimum atomic E-state index is 0.107. The van der Waals surface area contributed by atoms with Crippen LogP contribution in [0.4, 0.5) is 0 Å². The van der Waals surface area contributed by atoms with Crippen LogP contribution in [0.25, 0.3) is 0 Å². The van der Waals surface area contributed by atoms with Crippen molar-refractivity contribution in [3.63, 3.8) is 0 Å². The monoisotopic (exact) mass is 437 g/mol. The summed E-state index contributed by atoms with van der Waals surface area (Å²) in [7, 11) is 0. The molecule has 2 heteroatoms. The van der Waals surface area contributed by atoms with Crippen molar-refractivity contribution in [1.82, 2.24) is 0 Å². The van der Waals surface area contributed by atoms with Crippen LogP contribution in [0.2, 0.25) is 0 Å². The summed E-state index contributed by atoms with van der Waals surface area (Å²) >= 11 is 0. The molecule has 6 aliphatic rings. The number of fused-ring (bicyclic) bond motifs is 7. The first-order chi connectivity index (χ1) is 15.0. The number of rotatable bonds is 0. The third-order valence-electron chi connectivity index (χ3n) is 13.8. The number of ether oxygens (including phenoxy) is 1. The van der Waals surface area contributed by atoms with Crippen LogP contribution in [0.3, 0.4) is 0 Å². The second kappa shape index (κ2) is 6.56. The van der Waals surface area contributed by atoms with E-state index >= 15 is 0 Å². The zero-order chi connectivity index (χ0) is 22.7. The van der Waals surface area contributed by atoms with Crippen LogP contribution in [0.5, 0.6) is 0 Å². The van der Waals surface area contributed by atoms with Crippen molar-refractivity contribution >= 4 is 0 Å². The molecule has 0 amide bonds. The Hall–Kier alpha value is -0.550. The highest BCUT2D eigenvalue weighted by Gasteiger charge is 2.71. The molecule has 0 radical (unpaired) electrons. The summed E-state index contributed by atoms with van der Waals surface area (Å²) in [6, 6.07) is 2.71. The van der Waals surface area contributed by atoms with Crippen molar-refractivity contribution < 1.29 is 4.74 Å². The lowest BCUT2D eigenvalue weighted by Gasteiger charge is -2.73. The van der Waals surface area contributed by atoms with E-state index in [-0.39, 0.29) is 12.0 Å². The highest BCUT2D eigenvalue weighted by molar-refractivity contribution is 5.21. The predicted octanol–water partition coefficient (Wildman–Crippen LogP) is 7.63. The van der Waals surface area contributed by atoms with Gasteiger partial charge in [-0.05, 0) is 114 Å². The molecule has 0 aromatic heterocycles. The summed E-state index contributed by atoms with van der Waals surface area (Å²) in [6.45, 7) is 16.7. The lowest BCUT2D eigenvalue weighted by atomic mass is 9.31. The van der Waals surface area contributed by atoms with Gasteiger partial charge in [-0.25, -0.2) is 0 Å². The molecule has 178 valence electrons. The third-order valence-corrected chi connectivity index (χ3v) is 13.8. The number of hydrogen-bond donors (Lipinski definition) is 0. The van der Waals surface area contributed by atoms with Crippen LogP contribution >= 0.6 is 0 Å². The molecule has 6 fully saturated rings. The lowest BCUT2D eigenvalue weighted by molar-refractivity contribution is -0.244. The standard InChI is InChI=1S/C30H47NO/c1-19-20(17-31)22-16-30(18-32-22)15-14-28(5)21(25(19)30)8-9-24-27(4)12-7-11-26(2,3)23(27)10-13-29(24,28)6/h19-25H,7-16,18H2,1-6H3/t19-,20+,21-,22-,23+,24-,25-,27-,28-,29-,30+/m1/s1. The summed E-state index contributed by atoms with van der Waals surface area (Å²) in [5.74, 6) is 3.85. The van der Waals surface area contributed by atoms with E-state index in [1.54, 1.807) is 0 Å². The zero-order valence-corrected chi connectivity index (χ0v) is 21.7. The maximum absolute atomic E-state index is 10.1.